The molecule has 0 aliphatic heterocycles. The lowest BCUT2D eigenvalue weighted by Gasteiger charge is -2.07. The van der Waals surface area contributed by atoms with Gasteiger partial charge in [-0.1, -0.05) is 60.4 Å². The predicted octanol–water partition coefficient (Wildman–Crippen LogP) is 3.71. The molecule has 0 spiro atoms. The van der Waals surface area contributed by atoms with E-state index in [1.54, 1.807) is 0 Å². The van der Waals surface area contributed by atoms with Crippen molar-refractivity contribution < 1.29 is 4.79 Å². The second-order valence-electron chi connectivity index (χ2n) is 6.64. The Bertz CT molecular complexity index is 955. The summed E-state index contributed by atoms with van der Waals surface area (Å²) in [6, 6.07) is 10.6. The largest absolute Gasteiger partial charge is 0.306 e. The van der Waals surface area contributed by atoms with Crippen LogP contribution in [0.3, 0.4) is 0 Å². The average molecular weight is 415 g/mol. The van der Waals surface area contributed by atoms with Gasteiger partial charge >= 0.3 is 0 Å². The molecule has 1 aliphatic rings. The van der Waals surface area contributed by atoms with Crippen LogP contribution in [0, 0.1) is 0 Å². The highest BCUT2D eigenvalue weighted by Crippen LogP contribution is 2.54. The lowest BCUT2D eigenvalue weighted by atomic mass is 10.1. The summed E-state index contributed by atoms with van der Waals surface area (Å²) in [5.41, 5.74) is 1.36. The lowest BCUT2D eigenvalue weighted by Crippen LogP contribution is -2.14. The van der Waals surface area contributed by atoms with Gasteiger partial charge in [-0.3, -0.25) is 10.1 Å². The van der Waals surface area contributed by atoms with E-state index in [2.05, 4.69) is 61.5 Å². The second kappa shape index (κ2) is 8.40. The number of aromatic nitrogens is 5. The van der Waals surface area contributed by atoms with E-state index in [4.69, 9.17) is 0 Å². The highest BCUT2D eigenvalue weighted by molar-refractivity contribution is 7.99. The summed E-state index contributed by atoms with van der Waals surface area (Å²) in [6.45, 7) is 4.89. The van der Waals surface area contributed by atoms with Crippen LogP contribution < -0.4 is 5.32 Å². The molecule has 3 aromatic rings. The number of aryl methyl sites for hydroxylation is 1. The van der Waals surface area contributed by atoms with Gasteiger partial charge in [-0.15, -0.1) is 20.4 Å². The van der Waals surface area contributed by atoms with Gasteiger partial charge in [0, 0.05) is 12.5 Å². The van der Waals surface area contributed by atoms with E-state index in [0.29, 0.717) is 17.0 Å². The minimum atomic E-state index is -0.107. The molecule has 1 aliphatic carbocycles. The summed E-state index contributed by atoms with van der Waals surface area (Å²) in [6.07, 6.45) is 1.92. The Kier molecular flexibility index (Phi) is 5.72. The van der Waals surface area contributed by atoms with Crippen molar-refractivity contribution in [3.05, 3.63) is 46.7 Å². The van der Waals surface area contributed by atoms with Crippen molar-refractivity contribution in [3.63, 3.8) is 0 Å². The topological polar surface area (TPSA) is 85.6 Å². The third-order valence-electron chi connectivity index (χ3n) is 4.76. The molecule has 1 aromatic carbocycles. The third-order valence-corrected chi connectivity index (χ3v) is 6.71. The first kappa shape index (κ1) is 19.1. The fourth-order valence-corrected chi connectivity index (χ4v) is 4.76. The highest BCUT2D eigenvalue weighted by atomic mass is 32.2. The molecule has 1 saturated carbocycles. The van der Waals surface area contributed by atoms with Gasteiger partial charge in [0.05, 0.1) is 5.75 Å². The van der Waals surface area contributed by atoms with Gasteiger partial charge < -0.3 is 4.57 Å². The molecule has 0 saturated heterocycles. The second-order valence-corrected chi connectivity index (χ2v) is 8.64. The predicted molar refractivity (Wildman–Crippen MR) is 111 cm³/mol. The van der Waals surface area contributed by atoms with E-state index >= 15 is 0 Å². The molecule has 7 nitrogen and oxygen atoms in total. The van der Waals surface area contributed by atoms with Crippen LogP contribution in [0.15, 0.2) is 35.5 Å². The van der Waals surface area contributed by atoms with Gasteiger partial charge in [0.15, 0.2) is 5.16 Å². The molecule has 9 heteroatoms. The number of anilines is 1. The normalized spacial score (nSPS) is 18.2. The Morgan fingerprint density at radius 1 is 1.18 bits per heavy atom. The number of nitrogens with one attached hydrogen (secondary N) is 1. The molecule has 2 aromatic heterocycles. The van der Waals surface area contributed by atoms with E-state index in [-0.39, 0.29) is 11.7 Å². The molecule has 2 atom stereocenters. The summed E-state index contributed by atoms with van der Waals surface area (Å²) in [5, 5.41) is 21.8. The van der Waals surface area contributed by atoms with Crippen LogP contribution >= 0.6 is 23.1 Å². The first-order valence-electron chi connectivity index (χ1n) is 9.42. The maximum Gasteiger partial charge on any atom is 0.236 e. The highest BCUT2D eigenvalue weighted by Gasteiger charge is 2.43. The van der Waals surface area contributed by atoms with Gasteiger partial charge in [-0.25, -0.2) is 0 Å². The summed E-state index contributed by atoms with van der Waals surface area (Å²) in [4.78, 5) is 12.2. The van der Waals surface area contributed by atoms with Crippen molar-refractivity contribution in [2.24, 2.45) is 0 Å². The minimum Gasteiger partial charge on any atom is -0.306 e. The number of hydrogen-bond acceptors (Lipinski definition) is 7. The Morgan fingerprint density at radius 2 is 2.00 bits per heavy atom. The molecule has 0 radical (unpaired) electrons. The average Bonchev–Trinajstić information content (AvgIpc) is 3.20. The zero-order valence-electron chi connectivity index (χ0n) is 15.8. The maximum atomic E-state index is 12.2. The maximum absolute atomic E-state index is 12.2. The quantitative estimate of drug-likeness (QED) is 0.566. The van der Waals surface area contributed by atoms with Crippen LogP contribution in [-0.4, -0.2) is 36.6 Å². The number of hydrogen-bond donors (Lipinski definition) is 1. The fourth-order valence-electron chi connectivity index (χ4n) is 3.26. The van der Waals surface area contributed by atoms with Crippen molar-refractivity contribution in [3.8, 4) is 0 Å². The van der Waals surface area contributed by atoms with E-state index in [1.165, 1.54) is 28.7 Å². The van der Waals surface area contributed by atoms with Gasteiger partial charge in [0.25, 0.3) is 0 Å². The standard InChI is InChI=1S/C19H22N6OS2/c1-3-16-21-23-18(28-16)20-15(26)11-27-19-24-22-17(25(19)4-2)14-10-13(14)12-8-6-5-7-9-12/h5-9,13-14H,3-4,10-11H2,1-2H3,(H,20,23,26). The monoisotopic (exact) mass is 414 g/mol. The SMILES string of the molecule is CCc1nnc(NC(=O)CSc2nnc(C3CC3c3ccccc3)n2CC)s1. The Morgan fingerprint density at radius 3 is 2.71 bits per heavy atom. The van der Waals surface area contributed by atoms with Crippen molar-refractivity contribution in [1.82, 2.24) is 25.0 Å². The Balaban J connectivity index is 1.37. The smallest absolute Gasteiger partial charge is 0.236 e. The van der Waals surface area contributed by atoms with E-state index in [9.17, 15) is 4.79 Å². The summed E-state index contributed by atoms with van der Waals surface area (Å²) >= 11 is 2.82. The molecular formula is C19H22N6OS2. The van der Waals surface area contributed by atoms with Crippen LogP contribution in [-0.2, 0) is 17.8 Å². The van der Waals surface area contributed by atoms with E-state index < -0.39 is 0 Å². The van der Waals surface area contributed by atoms with E-state index in [1.807, 2.05) is 13.0 Å². The van der Waals surface area contributed by atoms with Crippen LogP contribution in [0.1, 0.15) is 48.5 Å². The first-order chi connectivity index (χ1) is 13.7. The number of benzene rings is 1. The number of carbonyl (C=O) groups is 1. The molecule has 4 rings (SSSR count). The molecule has 146 valence electrons. The molecular weight excluding hydrogens is 392 g/mol. The number of rotatable bonds is 8. The Hall–Kier alpha value is -2.26. The summed E-state index contributed by atoms with van der Waals surface area (Å²) < 4.78 is 2.13. The number of carbonyl (C=O) groups excluding carboxylic acids is 1. The zero-order valence-corrected chi connectivity index (χ0v) is 17.5. The number of amides is 1. The van der Waals surface area contributed by atoms with Crippen molar-refractivity contribution in [2.75, 3.05) is 11.1 Å². The molecule has 2 heterocycles. The van der Waals surface area contributed by atoms with Crippen LogP contribution in [0.4, 0.5) is 5.13 Å². The lowest BCUT2D eigenvalue weighted by molar-refractivity contribution is -0.113. The van der Waals surface area contributed by atoms with Crippen molar-refractivity contribution in [1.29, 1.82) is 0 Å². The molecule has 1 N–H and O–H groups in total. The molecule has 1 fully saturated rings. The van der Waals surface area contributed by atoms with Crippen LogP contribution in [0.25, 0.3) is 0 Å². The summed E-state index contributed by atoms with van der Waals surface area (Å²) in [7, 11) is 0. The van der Waals surface area contributed by atoms with Gasteiger partial charge in [-0.2, -0.15) is 0 Å². The zero-order chi connectivity index (χ0) is 19.5. The van der Waals surface area contributed by atoms with Gasteiger partial charge in [0.1, 0.15) is 10.8 Å². The molecule has 1 amide bonds. The van der Waals surface area contributed by atoms with Crippen molar-refractivity contribution >= 4 is 34.1 Å². The van der Waals surface area contributed by atoms with Gasteiger partial charge in [0.2, 0.25) is 11.0 Å². The number of nitrogens with zero attached hydrogens (tertiary/aromatic N) is 5. The molecule has 2 unspecified atom stereocenters. The Labute approximate surface area is 172 Å². The van der Waals surface area contributed by atoms with Crippen LogP contribution in [0.5, 0.6) is 0 Å². The van der Waals surface area contributed by atoms with Crippen LogP contribution in [0.2, 0.25) is 0 Å². The first-order valence-corrected chi connectivity index (χ1v) is 11.2. The minimum absolute atomic E-state index is 0.107. The van der Waals surface area contributed by atoms with E-state index in [0.717, 1.165) is 35.4 Å². The van der Waals surface area contributed by atoms with Crippen molar-refractivity contribution in [2.45, 2.75) is 50.2 Å². The molecule has 28 heavy (non-hydrogen) atoms. The third kappa shape index (κ3) is 4.10. The number of thioether (sulfide) groups is 1. The molecule has 0 bridgehead atoms. The fraction of sp³-hybridized carbons (Fsp3) is 0.421. The summed E-state index contributed by atoms with van der Waals surface area (Å²) in [5.74, 6) is 2.11. The van der Waals surface area contributed by atoms with Gasteiger partial charge in [-0.05, 0) is 31.2 Å².